The molecule has 0 spiro atoms. The number of rotatable bonds is 6. The molecule has 5 nitrogen and oxygen atoms in total. The SMILES string of the molecule is O=C(CCc1ccc2c(c1)OCO2)NCC1(CO)CCCCC1. The molecule has 0 saturated heterocycles. The molecule has 0 atom stereocenters. The highest BCUT2D eigenvalue weighted by atomic mass is 16.7. The Labute approximate surface area is 137 Å². The molecule has 2 N–H and O–H groups in total. The molecule has 0 radical (unpaired) electrons. The molecule has 5 heteroatoms. The lowest BCUT2D eigenvalue weighted by molar-refractivity contribution is -0.121. The molecule has 1 aromatic carbocycles. The van der Waals surface area contributed by atoms with Gasteiger partial charge in [0.15, 0.2) is 11.5 Å². The first-order chi connectivity index (χ1) is 11.2. The second-order valence-corrected chi connectivity index (χ2v) is 6.68. The Kier molecular flexibility index (Phi) is 5.06. The van der Waals surface area contributed by atoms with Crippen LogP contribution in [0.3, 0.4) is 0 Å². The first kappa shape index (κ1) is 16.1. The van der Waals surface area contributed by atoms with E-state index in [1.165, 1.54) is 6.42 Å². The summed E-state index contributed by atoms with van der Waals surface area (Å²) in [6.07, 6.45) is 6.66. The number of ether oxygens (including phenoxy) is 2. The number of nitrogens with one attached hydrogen (secondary N) is 1. The average molecular weight is 319 g/mol. The van der Waals surface area contributed by atoms with Crippen LogP contribution in [0.25, 0.3) is 0 Å². The van der Waals surface area contributed by atoms with Gasteiger partial charge in [-0.1, -0.05) is 25.3 Å². The fraction of sp³-hybridized carbons (Fsp3) is 0.611. The number of hydrogen-bond acceptors (Lipinski definition) is 4. The molecule has 1 amide bonds. The Morgan fingerprint density at radius 3 is 2.74 bits per heavy atom. The predicted octanol–water partition coefficient (Wildman–Crippen LogP) is 2.41. The van der Waals surface area contributed by atoms with Crippen molar-refractivity contribution in [3.05, 3.63) is 23.8 Å². The van der Waals surface area contributed by atoms with Crippen molar-refractivity contribution in [1.82, 2.24) is 5.32 Å². The number of benzene rings is 1. The number of aryl methyl sites for hydroxylation is 1. The van der Waals surface area contributed by atoms with Crippen LogP contribution in [0.15, 0.2) is 18.2 Å². The maximum atomic E-state index is 12.1. The van der Waals surface area contributed by atoms with Crippen LogP contribution in [0.4, 0.5) is 0 Å². The Hall–Kier alpha value is -1.75. The monoisotopic (exact) mass is 319 g/mol. The Balaban J connectivity index is 1.46. The second kappa shape index (κ2) is 7.21. The van der Waals surface area contributed by atoms with Crippen molar-refractivity contribution in [1.29, 1.82) is 0 Å². The van der Waals surface area contributed by atoms with E-state index >= 15 is 0 Å². The first-order valence-electron chi connectivity index (χ1n) is 8.47. The van der Waals surface area contributed by atoms with E-state index in [0.717, 1.165) is 42.7 Å². The molecular weight excluding hydrogens is 294 g/mol. The zero-order valence-corrected chi connectivity index (χ0v) is 13.5. The van der Waals surface area contributed by atoms with Gasteiger partial charge in [-0.05, 0) is 37.0 Å². The van der Waals surface area contributed by atoms with Crippen LogP contribution in [-0.4, -0.2) is 31.0 Å². The molecule has 23 heavy (non-hydrogen) atoms. The van der Waals surface area contributed by atoms with Crippen molar-refractivity contribution >= 4 is 5.91 Å². The van der Waals surface area contributed by atoms with Crippen molar-refractivity contribution in [2.45, 2.75) is 44.9 Å². The second-order valence-electron chi connectivity index (χ2n) is 6.68. The van der Waals surface area contributed by atoms with Gasteiger partial charge in [-0.2, -0.15) is 0 Å². The van der Waals surface area contributed by atoms with Crippen molar-refractivity contribution in [3.63, 3.8) is 0 Å². The molecule has 3 rings (SSSR count). The van der Waals surface area contributed by atoms with Gasteiger partial charge in [0.25, 0.3) is 0 Å². The van der Waals surface area contributed by atoms with Gasteiger partial charge < -0.3 is 19.9 Å². The highest BCUT2D eigenvalue weighted by Gasteiger charge is 2.31. The van der Waals surface area contributed by atoms with Gasteiger partial charge >= 0.3 is 0 Å². The largest absolute Gasteiger partial charge is 0.454 e. The van der Waals surface area contributed by atoms with E-state index in [4.69, 9.17) is 9.47 Å². The van der Waals surface area contributed by atoms with E-state index in [0.29, 0.717) is 19.4 Å². The summed E-state index contributed by atoms with van der Waals surface area (Å²) in [6, 6.07) is 5.79. The molecule has 1 aliphatic heterocycles. The summed E-state index contributed by atoms with van der Waals surface area (Å²) in [4.78, 5) is 12.1. The number of hydrogen-bond donors (Lipinski definition) is 2. The van der Waals surface area contributed by atoms with Gasteiger partial charge in [0.2, 0.25) is 12.7 Å². The van der Waals surface area contributed by atoms with Crippen LogP contribution in [0.2, 0.25) is 0 Å². The van der Waals surface area contributed by atoms with E-state index in [2.05, 4.69) is 5.32 Å². The fourth-order valence-electron chi connectivity index (χ4n) is 3.42. The number of carbonyl (C=O) groups is 1. The van der Waals surface area contributed by atoms with Crippen LogP contribution in [0.5, 0.6) is 11.5 Å². The summed E-state index contributed by atoms with van der Waals surface area (Å²) in [5.41, 5.74) is 0.964. The van der Waals surface area contributed by atoms with Crippen molar-refractivity contribution < 1.29 is 19.4 Å². The quantitative estimate of drug-likeness (QED) is 0.845. The lowest BCUT2D eigenvalue weighted by Crippen LogP contribution is -2.41. The molecule has 0 unspecified atom stereocenters. The lowest BCUT2D eigenvalue weighted by atomic mass is 9.74. The minimum atomic E-state index is -0.105. The lowest BCUT2D eigenvalue weighted by Gasteiger charge is -2.35. The summed E-state index contributed by atoms with van der Waals surface area (Å²) >= 11 is 0. The van der Waals surface area contributed by atoms with Crippen LogP contribution in [0.1, 0.15) is 44.1 Å². The van der Waals surface area contributed by atoms with E-state index in [1.54, 1.807) is 0 Å². The first-order valence-corrected chi connectivity index (χ1v) is 8.47. The number of carbonyl (C=O) groups excluding carboxylic acids is 1. The maximum Gasteiger partial charge on any atom is 0.231 e. The normalized spacial score (nSPS) is 18.7. The molecule has 1 saturated carbocycles. The predicted molar refractivity (Wildman–Crippen MR) is 86.5 cm³/mol. The summed E-state index contributed by atoms with van der Waals surface area (Å²) < 4.78 is 10.6. The molecule has 1 fully saturated rings. The molecule has 0 aromatic heterocycles. The standard InChI is InChI=1S/C18H25NO4/c20-12-18(8-2-1-3-9-18)11-19-17(21)7-5-14-4-6-15-16(10-14)23-13-22-15/h4,6,10,20H,1-3,5,7-9,11-13H2,(H,19,21). The van der Waals surface area contributed by atoms with Gasteiger partial charge in [-0.3, -0.25) is 4.79 Å². The van der Waals surface area contributed by atoms with Crippen LogP contribution >= 0.6 is 0 Å². The third-order valence-electron chi connectivity index (χ3n) is 4.99. The molecule has 2 aliphatic rings. The van der Waals surface area contributed by atoms with E-state index in [-0.39, 0.29) is 24.7 Å². The number of aliphatic hydroxyl groups excluding tert-OH is 1. The zero-order valence-electron chi connectivity index (χ0n) is 13.5. The van der Waals surface area contributed by atoms with Gasteiger partial charge in [0, 0.05) is 18.4 Å². The number of aliphatic hydroxyl groups is 1. The van der Waals surface area contributed by atoms with Crippen molar-refractivity contribution in [2.75, 3.05) is 19.9 Å². The maximum absolute atomic E-state index is 12.1. The fourth-order valence-corrected chi connectivity index (χ4v) is 3.42. The van der Waals surface area contributed by atoms with Crippen LogP contribution < -0.4 is 14.8 Å². The summed E-state index contributed by atoms with van der Waals surface area (Å²) in [6.45, 7) is 1.02. The average Bonchev–Trinajstić information content (AvgIpc) is 3.06. The molecule has 0 bridgehead atoms. The Bertz CT molecular complexity index is 552. The minimum Gasteiger partial charge on any atom is -0.454 e. The van der Waals surface area contributed by atoms with Gasteiger partial charge in [0.1, 0.15) is 0 Å². The van der Waals surface area contributed by atoms with E-state index in [1.807, 2.05) is 18.2 Å². The highest BCUT2D eigenvalue weighted by Crippen LogP contribution is 2.35. The Morgan fingerprint density at radius 1 is 1.17 bits per heavy atom. The third kappa shape index (κ3) is 3.96. The minimum absolute atomic E-state index is 0.0427. The van der Waals surface area contributed by atoms with Gasteiger partial charge in [0.05, 0.1) is 6.61 Å². The zero-order chi connectivity index (χ0) is 16.1. The molecule has 126 valence electrons. The highest BCUT2D eigenvalue weighted by molar-refractivity contribution is 5.76. The van der Waals surface area contributed by atoms with Gasteiger partial charge in [-0.15, -0.1) is 0 Å². The Morgan fingerprint density at radius 2 is 1.96 bits per heavy atom. The summed E-state index contributed by atoms with van der Waals surface area (Å²) in [7, 11) is 0. The molecular formula is C18H25NO4. The summed E-state index contributed by atoms with van der Waals surface area (Å²) in [5.74, 6) is 1.56. The molecule has 1 aromatic rings. The van der Waals surface area contributed by atoms with Crippen molar-refractivity contribution in [3.8, 4) is 11.5 Å². The molecule has 1 aliphatic carbocycles. The summed E-state index contributed by atoms with van der Waals surface area (Å²) in [5, 5.41) is 12.7. The van der Waals surface area contributed by atoms with Crippen molar-refractivity contribution in [2.24, 2.45) is 5.41 Å². The molecule has 1 heterocycles. The topological polar surface area (TPSA) is 67.8 Å². The van der Waals surface area contributed by atoms with Gasteiger partial charge in [-0.25, -0.2) is 0 Å². The number of fused-ring (bicyclic) bond motifs is 1. The smallest absolute Gasteiger partial charge is 0.231 e. The van der Waals surface area contributed by atoms with E-state index in [9.17, 15) is 9.90 Å². The van der Waals surface area contributed by atoms with E-state index < -0.39 is 0 Å². The third-order valence-corrected chi connectivity index (χ3v) is 4.99. The van der Waals surface area contributed by atoms with Crippen LogP contribution in [0, 0.1) is 5.41 Å². The number of amides is 1. The van der Waals surface area contributed by atoms with Crippen LogP contribution in [-0.2, 0) is 11.2 Å².